The Morgan fingerprint density at radius 3 is 2.65 bits per heavy atom. The first kappa shape index (κ1) is 24.4. The summed E-state index contributed by atoms with van der Waals surface area (Å²) < 4.78 is 33.8. The number of amides is 2. The second-order valence-electron chi connectivity index (χ2n) is 10.0. The number of hydrogen-bond acceptors (Lipinski definition) is 4. The lowest BCUT2D eigenvalue weighted by atomic mass is 9.91. The Morgan fingerprint density at radius 1 is 1.21 bits per heavy atom. The van der Waals surface area contributed by atoms with Crippen molar-refractivity contribution >= 4 is 6.03 Å². The zero-order valence-electron chi connectivity index (χ0n) is 20.0. The minimum absolute atomic E-state index is 0.0385. The highest BCUT2D eigenvalue weighted by atomic mass is 19.1. The number of urea groups is 1. The normalized spacial score (nSPS) is 20.4. The van der Waals surface area contributed by atoms with Gasteiger partial charge in [-0.05, 0) is 64.5 Å². The van der Waals surface area contributed by atoms with Crippen molar-refractivity contribution in [2.45, 2.75) is 63.9 Å². The van der Waals surface area contributed by atoms with Crippen LogP contribution in [0.25, 0.3) is 0 Å². The number of carbonyl (C=O) groups is 1. The summed E-state index contributed by atoms with van der Waals surface area (Å²) in [6.07, 6.45) is 1.49. The number of benzene rings is 2. The molecule has 0 saturated carbocycles. The number of likely N-dealkylation sites (tertiary alicyclic amines) is 1. The molecule has 34 heavy (non-hydrogen) atoms. The minimum atomic E-state index is -0.654. The van der Waals surface area contributed by atoms with Crippen LogP contribution in [0.15, 0.2) is 36.4 Å². The summed E-state index contributed by atoms with van der Waals surface area (Å²) in [5.74, 6) is -0.672. The summed E-state index contributed by atoms with van der Waals surface area (Å²) in [5.41, 5.74) is 1.40. The third-order valence-corrected chi connectivity index (χ3v) is 6.70. The van der Waals surface area contributed by atoms with E-state index < -0.39 is 23.3 Å². The highest BCUT2D eigenvalue weighted by Crippen LogP contribution is 2.39. The van der Waals surface area contributed by atoms with Gasteiger partial charge in [0.15, 0.2) is 0 Å². The van der Waals surface area contributed by atoms with Crippen LogP contribution in [-0.2, 0) is 13.1 Å². The van der Waals surface area contributed by atoms with Gasteiger partial charge in [0.1, 0.15) is 23.0 Å². The van der Waals surface area contributed by atoms with Crippen LogP contribution < -0.4 is 10.1 Å². The van der Waals surface area contributed by atoms with Crippen LogP contribution in [0.3, 0.4) is 0 Å². The second-order valence-corrected chi connectivity index (χ2v) is 10.0. The van der Waals surface area contributed by atoms with Crippen molar-refractivity contribution in [2.75, 3.05) is 20.1 Å². The summed E-state index contributed by atoms with van der Waals surface area (Å²) in [5, 5.41) is 13.4. The van der Waals surface area contributed by atoms with E-state index in [0.717, 1.165) is 43.1 Å². The molecule has 2 heterocycles. The molecule has 2 N–H and O–H groups in total. The van der Waals surface area contributed by atoms with Gasteiger partial charge in [-0.15, -0.1) is 0 Å². The van der Waals surface area contributed by atoms with Gasteiger partial charge >= 0.3 is 6.03 Å². The second kappa shape index (κ2) is 9.88. The fourth-order valence-electron chi connectivity index (χ4n) is 4.75. The number of ether oxygens (including phenoxy) is 1. The maximum atomic E-state index is 14.4. The predicted octanol–water partition coefficient (Wildman–Crippen LogP) is 4.37. The highest BCUT2D eigenvalue weighted by Gasteiger charge is 2.33. The van der Waals surface area contributed by atoms with Gasteiger partial charge in [0.05, 0.1) is 12.6 Å². The van der Waals surface area contributed by atoms with Gasteiger partial charge in [-0.2, -0.15) is 0 Å². The highest BCUT2D eigenvalue weighted by molar-refractivity contribution is 5.74. The lowest BCUT2D eigenvalue weighted by Crippen LogP contribution is -2.49. The predicted molar refractivity (Wildman–Crippen MR) is 125 cm³/mol. The smallest absolute Gasteiger partial charge is 0.318 e. The molecule has 0 spiro atoms. The fraction of sp³-hybridized carbons (Fsp3) is 0.500. The molecular formula is C26H33F2N3O3. The summed E-state index contributed by atoms with van der Waals surface area (Å²) in [4.78, 5) is 17.1. The first-order valence-electron chi connectivity index (χ1n) is 11.8. The summed E-state index contributed by atoms with van der Waals surface area (Å²) in [7, 11) is 2.04. The largest absolute Gasteiger partial charge is 0.487 e. The van der Waals surface area contributed by atoms with Crippen molar-refractivity contribution < 1.29 is 23.4 Å². The van der Waals surface area contributed by atoms with Crippen LogP contribution in [0.2, 0.25) is 0 Å². The Bertz CT molecular complexity index is 1040. The van der Waals surface area contributed by atoms with E-state index in [4.69, 9.17) is 4.74 Å². The molecular weight excluding hydrogens is 440 g/mol. The topological polar surface area (TPSA) is 65.0 Å². The minimum Gasteiger partial charge on any atom is -0.487 e. The Hall–Kier alpha value is -2.71. The first-order chi connectivity index (χ1) is 16.1. The lowest BCUT2D eigenvalue weighted by Gasteiger charge is -2.37. The third-order valence-electron chi connectivity index (χ3n) is 6.70. The lowest BCUT2D eigenvalue weighted by molar-refractivity contribution is 0.0114. The molecule has 6 nitrogen and oxygen atoms in total. The number of hydrogen-bond donors (Lipinski definition) is 2. The van der Waals surface area contributed by atoms with Crippen LogP contribution in [0.5, 0.6) is 5.75 Å². The van der Waals surface area contributed by atoms with Gasteiger partial charge in [-0.3, -0.25) is 0 Å². The molecule has 2 aromatic rings. The van der Waals surface area contributed by atoms with Gasteiger partial charge in [0, 0.05) is 36.2 Å². The Labute approximate surface area is 199 Å². The summed E-state index contributed by atoms with van der Waals surface area (Å²) in [6, 6.07) is 8.67. The van der Waals surface area contributed by atoms with Gasteiger partial charge in [0.25, 0.3) is 0 Å². The molecule has 2 amide bonds. The first-order valence-corrected chi connectivity index (χ1v) is 11.8. The standard InChI is InChI=1S/C26H33F2N3O3/c1-26(2)14-23(32)21-7-4-17(12-24(21)34-26)15-29-25(33)31(20-8-10-30(3)11-9-20)16-18-5-6-19(27)13-22(18)28/h4-7,12-13,20,23,32H,8-11,14-16H2,1-3H3,(H,29,33)/t23-/m1/s1. The van der Waals surface area contributed by atoms with Crippen LogP contribution >= 0.6 is 0 Å². The number of piperidine rings is 1. The quantitative estimate of drug-likeness (QED) is 0.677. The van der Waals surface area contributed by atoms with Gasteiger partial charge in [-0.1, -0.05) is 18.2 Å². The maximum absolute atomic E-state index is 14.4. The molecule has 1 atom stereocenters. The van der Waals surface area contributed by atoms with E-state index in [1.165, 1.54) is 12.1 Å². The molecule has 2 aliphatic rings. The molecule has 0 aliphatic carbocycles. The molecule has 4 rings (SSSR count). The third kappa shape index (κ3) is 5.67. The van der Waals surface area contributed by atoms with E-state index in [2.05, 4.69) is 10.2 Å². The number of nitrogens with zero attached hydrogens (tertiary/aromatic N) is 2. The van der Waals surface area contributed by atoms with Crippen molar-refractivity contribution in [3.8, 4) is 5.75 Å². The van der Waals surface area contributed by atoms with Crippen LogP contribution in [0.4, 0.5) is 13.6 Å². The summed E-state index contributed by atoms with van der Waals surface area (Å²) in [6.45, 7) is 5.89. The average molecular weight is 474 g/mol. The van der Waals surface area contributed by atoms with E-state index in [-0.39, 0.29) is 30.7 Å². The Morgan fingerprint density at radius 2 is 1.94 bits per heavy atom. The zero-order valence-corrected chi connectivity index (χ0v) is 20.0. The zero-order chi connectivity index (χ0) is 24.5. The SMILES string of the molecule is CN1CCC(N(Cc2ccc(F)cc2F)C(=O)NCc2ccc3c(c2)OC(C)(C)C[C@H]3O)CC1. The average Bonchev–Trinajstić information content (AvgIpc) is 2.77. The van der Waals surface area contributed by atoms with Crippen molar-refractivity contribution in [2.24, 2.45) is 0 Å². The number of fused-ring (bicyclic) bond motifs is 1. The molecule has 184 valence electrons. The van der Waals surface area contributed by atoms with Crippen LogP contribution in [-0.4, -0.2) is 52.7 Å². The number of rotatable bonds is 5. The van der Waals surface area contributed by atoms with Gasteiger partial charge in [0.2, 0.25) is 0 Å². The molecule has 0 aromatic heterocycles. The van der Waals surface area contributed by atoms with Gasteiger partial charge < -0.3 is 25.0 Å². The van der Waals surface area contributed by atoms with E-state index in [0.29, 0.717) is 12.2 Å². The maximum Gasteiger partial charge on any atom is 0.318 e. The molecule has 2 aromatic carbocycles. The van der Waals surface area contributed by atoms with E-state index in [9.17, 15) is 18.7 Å². The van der Waals surface area contributed by atoms with Crippen LogP contribution in [0, 0.1) is 11.6 Å². The molecule has 1 fully saturated rings. The number of halogens is 2. The molecule has 1 saturated heterocycles. The molecule has 0 radical (unpaired) electrons. The Kier molecular flexibility index (Phi) is 7.09. The van der Waals surface area contributed by atoms with Crippen molar-refractivity contribution in [3.63, 3.8) is 0 Å². The molecule has 0 unspecified atom stereocenters. The number of carbonyl (C=O) groups excluding carboxylic acids is 1. The Balaban J connectivity index is 1.48. The molecule has 8 heteroatoms. The van der Waals surface area contributed by atoms with Gasteiger partial charge in [-0.25, -0.2) is 13.6 Å². The molecule has 0 bridgehead atoms. The van der Waals surface area contributed by atoms with Crippen LogP contribution in [0.1, 0.15) is 55.9 Å². The van der Waals surface area contributed by atoms with E-state index in [1.807, 2.05) is 39.1 Å². The number of nitrogens with one attached hydrogen (secondary N) is 1. The summed E-state index contributed by atoms with van der Waals surface area (Å²) >= 11 is 0. The fourth-order valence-corrected chi connectivity index (χ4v) is 4.75. The van der Waals surface area contributed by atoms with Crippen molar-refractivity contribution in [3.05, 3.63) is 64.7 Å². The number of aliphatic hydroxyl groups is 1. The molecule has 2 aliphatic heterocycles. The van der Waals surface area contributed by atoms with E-state index >= 15 is 0 Å². The monoisotopic (exact) mass is 473 g/mol. The van der Waals surface area contributed by atoms with Crippen molar-refractivity contribution in [1.82, 2.24) is 15.1 Å². The van der Waals surface area contributed by atoms with Crippen molar-refractivity contribution in [1.29, 1.82) is 0 Å². The van der Waals surface area contributed by atoms with E-state index in [1.54, 1.807) is 4.90 Å². The number of aliphatic hydroxyl groups excluding tert-OH is 1.